The number of aromatic nitrogens is 1. The summed E-state index contributed by atoms with van der Waals surface area (Å²) in [5.41, 5.74) is 1.09. The molecule has 0 aliphatic carbocycles. The van der Waals surface area contributed by atoms with Gasteiger partial charge in [0, 0.05) is 29.7 Å². The van der Waals surface area contributed by atoms with Crippen LogP contribution < -0.4 is 29.3 Å². The van der Waals surface area contributed by atoms with Crippen LogP contribution in [0.4, 0.5) is 5.88 Å². The van der Waals surface area contributed by atoms with Gasteiger partial charge in [0.2, 0.25) is 0 Å². The van der Waals surface area contributed by atoms with Gasteiger partial charge in [0.05, 0.1) is 42.7 Å². The summed E-state index contributed by atoms with van der Waals surface area (Å²) in [5, 5.41) is 0. The van der Waals surface area contributed by atoms with Gasteiger partial charge in [-0.1, -0.05) is 27.3 Å². The number of methoxy groups -OCH3 is 2. The monoisotopic (exact) mass is 603 g/mol. The molecule has 202 valence electrons. The van der Waals surface area contributed by atoms with Crippen molar-refractivity contribution in [2.75, 3.05) is 38.8 Å². The molecule has 3 heterocycles. The van der Waals surface area contributed by atoms with Gasteiger partial charge < -0.3 is 23.5 Å². The molecule has 0 unspecified atom stereocenters. The Morgan fingerprint density at radius 2 is 1.87 bits per heavy atom. The van der Waals surface area contributed by atoms with E-state index in [9.17, 15) is 9.59 Å². The number of hydrogen-bond donors (Lipinski definition) is 0. The number of thiazole rings is 1. The average molecular weight is 605 g/mol. The quantitative estimate of drug-likeness (QED) is 0.341. The lowest BCUT2D eigenvalue weighted by molar-refractivity contribution is -0.139. The Labute approximate surface area is 232 Å². The summed E-state index contributed by atoms with van der Waals surface area (Å²) >= 11 is 4.84. The summed E-state index contributed by atoms with van der Waals surface area (Å²) in [4.78, 5) is 34.2. The molecule has 0 radical (unpaired) electrons. The maximum absolute atomic E-state index is 13.9. The standard InChI is InChI=1S/C27H30BrN3O6S/c1-7-30(8-2)22-11-10-16(37-22)12-21-25(32)31-24(17-13-19(34-5)20(35-6)14-18(17)28)23(26(33)36-9-3)15(4)29-27(31)38-21/h10-14,24H,7-9H2,1-6H3/t24-/m0/s1. The third-order valence-electron chi connectivity index (χ3n) is 6.28. The molecule has 0 amide bonds. The summed E-state index contributed by atoms with van der Waals surface area (Å²) < 4.78 is 24.9. The molecule has 2 aromatic heterocycles. The van der Waals surface area contributed by atoms with Crippen LogP contribution in [0.1, 0.15) is 45.1 Å². The first-order valence-corrected chi connectivity index (χ1v) is 13.8. The molecule has 4 rings (SSSR count). The number of carbonyl (C=O) groups excluding carboxylic acids is 1. The van der Waals surface area contributed by atoms with Gasteiger partial charge in [-0.05, 0) is 51.5 Å². The molecule has 38 heavy (non-hydrogen) atoms. The second kappa shape index (κ2) is 11.6. The summed E-state index contributed by atoms with van der Waals surface area (Å²) in [6.07, 6.45) is 1.71. The van der Waals surface area contributed by atoms with E-state index in [1.807, 2.05) is 12.1 Å². The molecule has 1 aromatic carbocycles. The molecular formula is C27H30BrN3O6S. The lowest BCUT2D eigenvalue weighted by Crippen LogP contribution is -2.40. The fraction of sp³-hybridized carbons (Fsp3) is 0.370. The Balaban J connectivity index is 1.94. The molecule has 0 saturated carbocycles. The van der Waals surface area contributed by atoms with Crippen LogP contribution in [0.15, 0.2) is 54.2 Å². The SMILES string of the molecule is CCOC(=O)C1=C(C)N=c2sc(=Cc3ccc(N(CC)CC)o3)c(=O)n2[C@H]1c1cc(OC)c(OC)cc1Br. The summed E-state index contributed by atoms with van der Waals surface area (Å²) in [6.45, 7) is 9.39. The highest BCUT2D eigenvalue weighted by molar-refractivity contribution is 9.10. The van der Waals surface area contributed by atoms with Crippen molar-refractivity contribution in [1.29, 1.82) is 0 Å². The van der Waals surface area contributed by atoms with E-state index >= 15 is 0 Å². The third kappa shape index (κ3) is 5.04. The van der Waals surface area contributed by atoms with Crippen molar-refractivity contribution in [3.8, 4) is 11.5 Å². The van der Waals surface area contributed by atoms with Crippen LogP contribution in [0, 0.1) is 0 Å². The first kappa shape index (κ1) is 27.7. The van der Waals surface area contributed by atoms with Gasteiger partial charge in [-0.3, -0.25) is 9.36 Å². The Morgan fingerprint density at radius 1 is 1.18 bits per heavy atom. The molecule has 0 N–H and O–H groups in total. The molecule has 0 fully saturated rings. The van der Waals surface area contributed by atoms with Crippen molar-refractivity contribution < 1.29 is 23.4 Å². The Kier molecular flexibility index (Phi) is 8.47. The van der Waals surface area contributed by atoms with Crippen molar-refractivity contribution in [2.24, 2.45) is 4.99 Å². The van der Waals surface area contributed by atoms with Gasteiger partial charge in [-0.25, -0.2) is 9.79 Å². The minimum atomic E-state index is -0.801. The molecule has 0 bridgehead atoms. The number of furan rings is 1. The van der Waals surface area contributed by atoms with Gasteiger partial charge in [0.25, 0.3) is 5.56 Å². The van der Waals surface area contributed by atoms with E-state index in [0.717, 1.165) is 19.0 Å². The molecular weight excluding hydrogens is 574 g/mol. The average Bonchev–Trinajstić information content (AvgIpc) is 3.48. The van der Waals surface area contributed by atoms with Crippen LogP contribution >= 0.6 is 27.3 Å². The predicted octanol–water partition coefficient (Wildman–Crippen LogP) is 4.02. The number of rotatable bonds is 9. The Morgan fingerprint density at radius 3 is 2.50 bits per heavy atom. The minimum Gasteiger partial charge on any atom is -0.493 e. The highest BCUT2D eigenvalue weighted by Gasteiger charge is 2.35. The van der Waals surface area contributed by atoms with Crippen molar-refractivity contribution in [3.63, 3.8) is 0 Å². The van der Waals surface area contributed by atoms with Gasteiger partial charge in [-0.15, -0.1) is 0 Å². The Hall–Kier alpha value is -3.31. The van der Waals surface area contributed by atoms with Crippen molar-refractivity contribution in [3.05, 3.63) is 71.0 Å². The molecule has 11 heteroatoms. The topological polar surface area (TPSA) is 95.5 Å². The zero-order chi connectivity index (χ0) is 27.6. The van der Waals surface area contributed by atoms with E-state index in [0.29, 0.717) is 42.3 Å². The van der Waals surface area contributed by atoms with E-state index in [-0.39, 0.29) is 17.7 Å². The van der Waals surface area contributed by atoms with Crippen LogP contribution in [0.25, 0.3) is 6.08 Å². The van der Waals surface area contributed by atoms with Crippen LogP contribution in [-0.2, 0) is 9.53 Å². The maximum Gasteiger partial charge on any atom is 0.338 e. The van der Waals surface area contributed by atoms with Gasteiger partial charge in [-0.2, -0.15) is 0 Å². The predicted molar refractivity (Wildman–Crippen MR) is 150 cm³/mol. The van der Waals surface area contributed by atoms with Gasteiger partial charge in [0.15, 0.2) is 22.2 Å². The van der Waals surface area contributed by atoms with Crippen molar-refractivity contribution in [1.82, 2.24) is 4.57 Å². The number of fused-ring (bicyclic) bond motifs is 1. The van der Waals surface area contributed by atoms with Crippen molar-refractivity contribution >= 4 is 45.2 Å². The van der Waals surface area contributed by atoms with E-state index in [4.69, 9.17) is 18.6 Å². The van der Waals surface area contributed by atoms with Crippen LogP contribution in [0.3, 0.4) is 0 Å². The highest BCUT2D eigenvalue weighted by atomic mass is 79.9. The lowest BCUT2D eigenvalue weighted by atomic mass is 9.95. The number of esters is 1. The Bertz CT molecular complexity index is 1560. The lowest BCUT2D eigenvalue weighted by Gasteiger charge is -2.26. The first-order chi connectivity index (χ1) is 18.3. The zero-order valence-corrected chi connectivity index (χ0v) is 24.6. The summed E-state index contributed by atoms with van der Waals surface area (Å²) in [6, 6.07) is 6.43. The van der Waals surface area contributed by atoms with Crippen LogP contribution in [0.5, 0.6) is 11.5 Å². The fourth-order valence-corrected chi connectivity index (χ4v) is 5.99. The summed E-state index contributed by atoms with van der Waals surface area (Å²) in [5.74, 6) is 1.73. The largest absolute Gasteiger partial charge is 0.493 e. The first-order valence-electron chi connectivity index (χ1n) is 12.2. The maximum atomic E-state index is 13.9. The number of benzene rings is 1. The molecule has 1 aliphatic rings. The van der Waals surface area contributed by atoms with E-state index in [1.165, 1.54) is 23.0 Å². The molecule has 1 aliphatic heterocycles. The van der Waals surface area contributed by atoms with Crippen LogP contribution in [0.2, 0.25) is 0 Å². The second-order valence-electron chi connectivity index (χ2n) is 8.38. The number of ether oxygens (including phenoxy) is 3. The number of allylic oxidation sites excluding steroid dienone is 1. The van der Waals surface area contributed by atoms with E-state index in [2.05, 4.69) is 39.7 Å². The normalized spacial score (nSPS) is 15.2. The van der Waals surface area contributed by atoms with E-state index in [1.54, 1.807) is 39.2 Å². The molecule has 9 nitrogen and oxygen atoms in total. The van der Waals surface area contributed by atoms with Crippen molar-refractivity contribution in [2.45, 2.75) is 33.7 Å². The van der Waals surface area contributed by atoms with Gasteiger partial charge >= 0.3 is 5.97 Å². The van der Waals surface area contributed by atoms with E-state index < -0.39 is 12.0 Å². The molecule has 3 aromatic rings. The van der Waals surface area contributed by atoms with Crippen LogP contribution in [-0.4, -0.2) is 44.5 Å². The number of anilines is 1. The minimum absolute atomic E-state index is 0.188. The zero-order valence-electron chi connectivity index (χ0n) is 22.2. The fourth-order valence-electron chi connectivity index (χ4n) is 4.42. The highest BCUT2D eigenvalue weighted by Crippen LogP contribution is 2.40. The molecule has 1 atom stereocenters. The number of hydrogen-bond acceptors (Lipinski definition) is 9. The third-order valence-corrected chi connectivity index (χ3v) is 7.95. The van der Waals surface area contributed by atoms with Gasteiger partial charge in [0.1, 0.15) is 5.76 Å². The smallest absolute Gasteiger partial charge is 0.338 e. The number of carbonyl (C=O) groups is 1. The molecule has 0 saturated heterocycles. The second-order valence-corrected chi connectivity index (χ2v) is 10.2. The number of halogens is 1. The summed E-state index contributed by atoms with van der Waals surface area (Å²) in [7, 11) is 3.08. The number of nitrogens with zero attached hydrogens (tertiary/aromatic N) is 3. The molecule has 0 spiro atoms.